The second-order valence-corrected chi connectivity index (χ2v) is 7.79. The van der Waals surface area contributed by atoms with E-state index in [1.807, 2.05) is 59.5 Å². The van der Waals surface area contributed by atoms with Gasteiger partial charge in [-0.15, -0.1) is 0 Å². The van der Waals surface area contributed by atoms with Crippen LogP contribution in [0.1, 0.15) is 37.0 Å². The molecule has 5 nitrogen and oxygen atoms in total. The van der Waals surface area contributed by atoms with Gasteiger partial charge in [-0.25, -0.2) is 0 Å². The number of carbonyl (C=O) groups is 2. The number of hydrogen-bond donors (Lipinski definition) is 1. The largest absolute Gasteiger partial charge is 0.481 e. The average Bonchev–Trinajstić information content (AvgIpc) is 2.72. The van der Waals surface area contributed by atoms with Crippen LogP contribution in [0.2, 0.25) is 0 Å². The molecule has 28 heavy (non-hydrogen) atoms. The van der Waals surface area contributed by atoms with E-state index in [1.54, 1.807) is 0 Å². The predicted octanol–water partition coefficient (Wildman–Crippen LogP) is 4.29. The highest BCUT2D eigenvalue weighted by Gasteiger charge is 2.25. The van der Waals surface area contributed by atoms with Crippen molar-refractivity contribution in [2.75, 3.05) is 29.4 Å². The molecular weight excluding hydrogens is 352 g/mol. The summed E-state index contributed by atoms with van der Waals surface area (Å²) in [7, 11) is 0. The van der Waals surface area contributed by atoms with Crippen molar-refractivity contribution in [1.29, 1.82) is 0 Å². The van der Waals surface area contributed by atoms with Crippen LogP contribution in [0.25, 0.3) is 0 Å². The number of aliphatic carboxylic acids is 1. The zero-order valence-electron chi connectivity index (χ0n) is 16.5. The van der Waals surface area contributed by atoms with E-state index in [2.05, 4.69) is 18.7 Å². The Bertz CT molecular complexity index is 794. The minimum atomic E-state index is -0.702. The summed E-state index contributed by atoms with van der Waals surface area (Å²) in [5.41, 5.74) is 2.60. The standard InChI is InChI=1S/C23H28N2O3/c1-17(2)16-25(21-6-4-3-5-7-21)22(26)18-8-10-20(11-9-18)24-14-12-19(13-15-24)23(27)28/h3-11,17,19H,12-16H2,1-2H3,(H,27,28). The highest BCUT2D eigenvalue weighted by Crippen LogP contribution is 2.25. The summed E-state index contributed by atoms with van der Waals surface area (Å²) in [5, 5.41) is 9.14. The molecule has 0 bridgehead atoms. The number of hydrogen-bond acceptors (Lipinski definition) is 3. The van der Waals surface area contributed by atoms with Crippen molar-refractivity contribution in [3.63, 3.8) is 0 Å². The fourth-order valence-corrected chi connectivity index (χ4v) is 3.63. The Labute approximate surface area is 166 Å². The molecule has 1 aliphatic heterocycles. The SMILES string of the molecule is CC(C)CN(C(=O)c1ccc(N2CCC(C(=O)O)CC2)cc1)c1ccccc1. The number of para-hydroxylation sites is 1. The molecule has 148 valence electrons. The number of benzene rings is 2. The van der Waals surface area contributed by atoms with E-state index in [0.717, 1.165) is 24.5 Å². The Morgan fingerprint density at radius 2 is 1.64 bits per heavy atom. The third kappa shape index (κ3) is 4.71. The molecule has 2 aromatic carbocycles. The molecule has 0 aromatic heterocycles. The van der Waals surface area contributed by atoms with Crippen molar-refractivity contribution >= 4 is 23.3 Å². The number of carbonyl (C=O) groups excluding carboxylic acids is 1. The van der Waals surface area contributed by atoms with Gasteiger partial charge in [-0.3, -0.25) is 9.59 Å². The molecule has 5 heteroatoms. The van der Waals surface area contributed by atoms with Crippen LogP contribution in [0.4, 0.5) is 11.4 Å². The molecule has 1 heterocycles. The lowest BCUT2D eigenvalue weighted by atomic mass is 9.96. The van der Waals surface area contributed by atoms with Crippen molar-refractivity contribution in [2.24, 2.45) is 11.8 Å². The number of piperidine rings is 1. The number of anilines is 2. The minimum absolute atomic E-state index is 0.00367. The smallest absolute Gasteiger partial charge is 0.306 e. The van der Waals surface area contributed by atoms with E-state index in [9.17, 15) is 9.59 Å². The maximum atomic E-state index is 13.1. The molecule has 1 saturated heterocycles. The van der Waals surface area contributed by atoms with E-state index >= 15 is 0 Å². The van der Waals surface area contributed by atoms with Crippen molar-refractivity contribution in [1.82, 2.24) is 0 Å². The van der Waals surface area contributed by atoms with Crippen LogP contribution in [0.3, 0.4) is 0 Å². The number of carboxylic acids is 1. The quantitative estimate of drug-likeness (QED) is 0.812. The molecule has 0 unspecified atom stereocenters. The van der Waals surface area contributed by atoms with Crippen LogP contribution in [0.15, 0.2) is 54.6 Å². The molecule has 0 radical (unpaired) electrons. The predicted molar refractivity (Wildman–Crippen MR) is 112 cm³/mol. The molecular formula is C23H28N2O3. The lowest BCUT2D eigenvalue weighted by molar-refractivity contribution is -0.142. The zero-order valence-corrected chi connectivity index (χ0v) is 16.5. The van der Waals surface area contributed by atoms with Crippen LogP contribution in [-0.4, -0.2) is 36.6 Å². The molecule has 1 fully saturated rings. The van der Waals surface area contributed by atoms with Gasteiger partial charge in [-0.2, -0.15) is 0 Å². The van der Waals surface area contributed by atoms with Gasteiger partial charge in [-0.05, 0) is 55.2 Å². The molecule has 1 amide bonds. The van der Waals surface area contributed by atoms with Crippen molar-refractivity contribution in [3.8, 4) is 0 Å². The first kappa shape index (κ1) is 19.9. The molecule has 0 spiro atoms. The first-order valence-electron chi connectivity index (χ1n) is 9.90. The van der Waals surface area contributed by atoms with Crippen LogP contribution in [0.5, 0.6) is 0 Å². The van der Waals surface area contributed by atoms with Crippen molar-refractivity contribution in [2.45, 2.75) is 26.7 Å². The van der Waals surface area contributed by atoms with Gasteiger partial charge in [0.05, 0.1) is 5.92 Å². The van der Waals surface area contributed by atoms with E-state index in [4.69, 9.17) is 5.11 Å². The molecule has 0 saturated carbocycles. The highest BCUT2D eigenvalue weighted by molar-refractivity contribution is 6.06. The van der Waals surface area contributed by atoms with Gasteiger partial charge in [-0.1, -0.05) is 32.0 Å². The van der Waals surface area contributed by atoms with Gasteiger partial charge < -0.3 is 14.9 Å². The van der Waals surface area contributed by atoms with Crippen molar-refractivity contribution in [3.05, 3.63) is 60.2 Å². The van der Waals surface area contributed by atoms with Crippen LogP contribution >= 0.6 is 0 Å². The maximum Gasteiger partial charge on any atom is 0.306 e. The molecule has 3 rings (SSSR count). The topological polar surface area (TPSA) is 60.9 Å². The van der Waals surface area contributed by atoms with Gasteiger partial charge in [0.1, 0.15) is 0 Å². The molecule has 0 aliphatic carbocycles. The van der Waals surface area contributed by atoms with Gasteiger partial charge in [0, 0.05) is 36.6 Å². The summed E-state index contributed by atoms with van der Waals surface area (Å²) in [5.74, 6) is -0.589. The summed E-state index contributed by atoms with van der Waals surface area (Å²) in [6.07, 6.45) is 1.32. The maximum absolute atomic E-state index is 13.1. The van der Waals surface area contributed by atoms with Gasteiger partial charge in [0.15, 0.2) is 0 Å². The fraction of sp³-hybridized carbons (Fsp3) is 0.391. The fourth-order valence-electron chi connectivity index (χ4n) is 3.63. The number of rotatable bonds is 6. The van der Waals surface area contributed by atoms with E-state index in [0.29, 0.717) is 30.9 Å². The summed E-state index contributed by atoms with van der Waals surface area (Å²) in [4.78, 5) is 28.3. The van der Waals surface area contributed by atoms with E-state index < -0.39 is 5.97 Å². The van der Waals surface area contributed by atoms with Gasteiger partial charge in [0.25, 0.3) is 5.91 Å². The normalized spacial score (nSPS) is 14.9. The third-order valence-electron chi connectivity index (χ3n) is 5.18. The Hall–Kier alpha value is -2.82. The van der Waals surface area contributed by atoms with E-state index in [1.165, 1.54) is 0 Å². The monoisotopic (exact) mass is 380 g/mol. The lowest BCUT2D eigenvalue weighted by Gasteiger charge is -2.32. The second kappa shape index (κ2) is 8.91. The summed E-state index contributed by atoms with van der Waals surface area (Å²) >= 11 is 0. The molecule has 1 aliphatic rings. The van der Waals surface area contributed by atoms with Gasteiger partial charge in [0.2, 0.25) is 0 Å². The Morgan fingerprint density at radius 1 is 1.04 bits per heavy atom. The Balaban J connectivity index is 1.72. The Morgan fingerprint density at radius 3 is 2.18 bits per heavy atom. The number of amides is 1. The number of nitrogens with zero attached hydrogens (tertiary/aromatic N) is 2. The lowest BCUT2D eigenvalue weighted by Crippen LogP contribution is -2.36. The van der Waals surface area contributed by atoms with Crippen LogP contribution < -0.4 is 9.80 Å². The first-order chi connectivity index (χ1) is 13.5. The zero-order chi connectivity index (χ0) is 20.1. The first-order valence-corrected chi connectivity index (χ1v) is 9.90. The van der Waals surface area contributed by atoms with Crippen molar-refractivity contribution < 1.29 is 14.7 Å². The van der Waals surface area contributed by atoms with Crippen LogP contribution in [-0.2, 0) is 4.79 Å². The van der Waals surface area contributed by atoms with E-state index in [-0.39, 0.29) is 11.8 Å². The second-order valence-electron chi connectivity index (χ2n) is 7.79. The third-order valence-corrected chi connectivity index (χ3v) is 5.18. The average molecular weight is 380 g/mol. The Kier molecular flexibility index (Phi) is 6.34. The highest BCUT2D eigenvalue weighted by atomic mass is 16.4. The summed E-state index contributed by atoms with van der Waals surface area (Å²) < 4.78 is 0. The molecule has 1 N–H and O–H groups in total. The van der Waals surface area contributed by atoms with Gasteiger partial charge >= 0.3 is 5.97 Å². The summed E-state index contributed by atoms with van der Waals surface area (Å²) in [6, 6.07) is 17.4. The number of carboxylic acid groups (broad SMARTS) is 1. The molecule has 0 atom stereocenters. The van der Waals surface area contributed by atoms with Crippen LogP contribution in [0, 0.1) is 11.8 Å². The molecule has 2 aromatic rings. The summed E-state index contributed by atoms with van der Waals surface area (Å²) in [6.45, 7) is 6.33. The minimum Gasteiger partial charge on any atom is -0.481 e.